The maximum absolute atomic E-state index is 11.5. The van der Waals surface area contributed by atoms with E-state index in [9.17, 15) is 4.79 Å². The highest BCUT2D eigenvalue weighted by Crippen LogP contribution is 1.97. The molecule has 0 aliphatic heterocycles. The van der Waals surface area contributed by atoms with E-state index in [0.29, 0.717) is 13.0 Å². The van der Waals surface area contributed by atoms with Crippen molar-refractivity contribution in [2.24, 2.45) is 23.9 Å². The van der Waals surface area contributed by atoms with Gasteiger partial charge in [-0.15, -0.1) is 0 Å². The van der Waals surface area contributed by atoms with Gasteiger partial charge in [0.05, 0.1) is 5.92 Å². The lowest BCUT2D eigenvalue weighted by Gasteiger charge is -2.10. The summed E-state index contributed by atoms with van der Waals surface area (Å²) in [6, 6.07) is 0. The van der Waals surface area contributed by atoms with Crippen LogP contribution in [-0.2, 0) is 18.3 Å². The van der Waals surface area contributed by atoms with Gasteiger partial charge in [-0.1, -0.05) is 5.16 Å². The lowest BCUT2D eigenvalue weighted by atomic mass is 10.1. The van der Waals surface area contributed by atoms with Gasteiger partial charge in [0.2, 0.25) is 5.91 Å². The predicted molar refractivity (Wildman–Crippen MR) is 62.5 cm³/mol. The second-order valence-corrected chi connectivity index (χ2v) is 3.74. The zero-order valence-corrected chi connectivity index (χ0v) is 9.92. The summed E-state index contributed by atoms with van der Waals surface area (Å²) >= 11 is 0. The van der Waals surface area contributed by atoms with Crippen LogP contribution in [0.15, 0.2) is 17.5 Å². The van der Waals surface area contributed by atoms with Crippen molar-refractivity contribution in [1.29, 1.82) is 0 Å². The van der Waals surface area contributed by atoms with Crippen molar-refractivity contribution in [3.8, 4) is 0 Å². The fourth-order valence-corrected chi connectivity index (χ4v) is 1.31. The molecular formula is C10H17N5O2. The fraction of sp³-hybridized carbons (Fsp3) is 0.500. The summed E-state index contributed by atoms with van der Waals surface area (Å²) < 4.78 is 1.89. The molecule has 7 nitrogen and oxygen atoms in total. The summed E-state index contributed by atoms with van der Waals surface area (Å²) in [7, 11) is 1.89. The summed E-state index contributed by atoms with van der Waals surface area (Å²) in [4.78, 5) is 15.7. The molecule has 0 fully saturated rings. The summed E-state index contributed by atoms with van der Waals surface area (Å²) in [6.45, 7) is 2.04. The van der Waals surface area contributed by atoms with E-state index in [-0.39, 0.29) is 11.7 Å². The van der Waals surface area contributed by atoms with E-state index in [4.69, 9.17) is 10.9 Å². The minimum absolute atomic E-state index is 0.0977. The van der Waals surface area contributed by atoms with E-state index in [1.165, 1.54) is 0 Å². The molecule has 1 heterocycles. The number of hydrogen-bond donors (Lipinski definition) is 3. The zero-order valence-electron chi connectivity index (χ0n) is 9.92. The Bertz CT molecular complexity index is 413. The van der Waals surface area contributed by atoms with Crippen LogP contribution in [0.2, 0.25) is 0 Å². The number of amides is 1. The Morgan fingerprint density at radius 2 is 2.47 bits per heavy atom. The molecule has 17 heavy (non-hydrogen) atoms. The molecule has 0 spiro atoms. The van der Waals surface area contributed by atoms with Gasteiger partial charge in [-0.05, 0) is 6.92 Å². The van der Waals surface area contributed by atoms with Crippen LogP contribution in [0.4, 0.5) is 0 Å². The standard InChI is InChI=1S/C10H17N5O2/c1-7(9(11)14-17)10(16)13-4-3-8-12-5-6-15(8)2/h5-7,17H,3-4H2,1-2H3,(H2,11,14)(H,13,16). The third-order valence-electron chi connectivity index (χ3n) is 2.52. The monoisotopic (exact) mass is 239 g/mol. The Labute approximate surface area is 99.3 Å². The molecule has 94 valence electrons. The highest BCUT2D eigenvalue weighted by Gasteiger charge is 2.16. The molecule has 1 rings (SSSR count). The van der Waals surface area contributed by atoms with Gasteiger partial charge in [0.1, 0.15) is 5.82 Å². The molecule has 1 amide bonds. The van der Waals surface area contributed by atoms with Crippen LogP contribution in [0.25, 0.3) is 0 Å². The molecule has 1 unspecified atom stereocenters. The van der Waals surface area contributed by atoms with E-state index in [1.54, 1.807) is 13.1 Å². The van der Waals surface area contributed by atoms with Gasteiger partial charge in [-0.25, -0.2) is 4.98 Å². The Kier molecular flexibility index (Phi) is 4.50. The number of nitrogens with zero attached hydrogens (tertiary/aromatic N) is 3. The third kappa shape index (κ3) is 3.47. The first kappa shape index (κ1) is 13.0. The number of carbonyl (C=O) groups excluding carboxylic acids is 1. The second kappa shape index (κ2) is 5.88. The first-order valence-corrected chi connectivity index (χ1v) is 5.27. The molecule has 4 N–H and O–H groups in total. The van der Waals surface area contributed by atoms with Crippen molar-refractivity contribution < 1.29 is 10.0 Å². The number of aromatic nitrogens is 2. The maximum Gasteiger partial charge on any atom is 0.230 e. The average molecular weight is 239 g/mol. The summed E-state index contributed by atoms with van der Waals surface area (Å²) in [6.07, 6.45) is 4.19. The minimum Gasteiger partial charge on any atom is -0.409 e. The van der Waals surface area contributed by atoms with Gasteiger partial charge < -0.3 is 20.8 Å². The smallest absolute Gasteiger partial charge is 0.230 e. The van der Waals surface area contributed by atoms with Crippen molar-refractivity contribution in [2.75, 3.05) is 6.54 Å². The Hall–Kier alpha value is -2.05. The quantitative estimate of drug-likeness (QED) is 0.278. The first-order chi connectivity index (χ1) is 8.06. The molecular weight excluding hydrogens is 222 g/mol. The Morgan fingerprint density at radius 3 is 3.00 bits per heavy atom. The molecule has 1 aromatic rings. The van der Waals surface area contributed by atoms with Crippen LogP contribution in [0.3, 0.4) is 0 Å². The molecule has 0 radical (unpaired) electrons. The van der Waals surface area contributed by atoms with E-state index in [0.717, 1.165) is 5.82 Å². The van der Waals surface area contributed by atoms with Crippen molar-refractivity contribution in [3.63, 3.8) is 0 Å². The highest BCUT2D eigenvalue weighted by atomic mass is 16.4. The lowest BCUT2D eigenvalue weighted by Crippen LogP contribution is -2.38. The van der Waals surface area contributed by atoms with Crippen LogP contribution in [0.5, 0.6) is 0 Å². The van der Waals surface area contributed by atoms with Crippen LogP contribution in [0, 0.1) is 5.92 Å². The average Bonchev–Trinajstić information content (AvgIpc) is 2.73. The highest BCUT2D eigenvalue weighted by molar-refractivity contribution is 6.01. The summed E-state index contributed by atoms with van der Waals surface area (Å²) in [5.41, 5.74) is 5.33. The predicted octanol–water partition coefficient (Wildman–Crippen LogP) is -0.539. The van der Waals surface area contributed by atoms with Gasteiger partial charge in [0, 0.05) is 32.4 Å². The van der Waals surface area contributed by atoms with E-state index in [2.05, 4.69) is 15.5 Å². The number of rotatable bonds is 5. The van der Waals surface area contributed by atoms with E-state index in [1.807, 2.05) is 17.8 Å². The zero-order chi connectivity index (χ0) is 12.8. The van der Waals surface area contributed by atoms with Gasteiger partial charge >= 0.3 is 0 Å². The topological polar surface area (TPSA) is 106 Å². The van der Waals surface area contributed by atoms with Crippen molar-refractivity contribution in [1.82, 2.24) is 14.9 Å². The van der Waals surface area contributed by atoms with Crippen LogP contribution in [-0.4, -0.2) is 33.0 Å². The van der Waals surface area contributed by atoms with Gasteiger partial charge in [0.25, 0.3) is 0 Å². The van der Waals surface area contributed by atoms with Crippen molar-refractivity contribution in [3.05, 3.63) is 18.2 Å². The molecule has 0 saturated carbocycles. The summed E-state index contributed by atoms with van der Waals surface area (Å²) in [5.74, 6) is -0.114. The minimum atomic E-state index is -0.638. The number of nitrogens with one attached hydrogen (secondary N) is 1. The molecule has 0 bridgehead atoms. The largest absolute Gasteiger partial charge is 0.409 e. The molecule has 0 aliphatic carbocycles. The number of aryl methyl sites for hydroxylation is 1. The lowest BCUT2D eigenvalue weighted by molar-refractivity contribution is -0.122. The van der Waals surface area contributed by atoms with Crippen molar-refractivity contribution in [2.45, 2.75) is 13.3 Å². The Balaban J connectivity index is 2.37. The van der Waals surface area contributed by atoms with Crippen LogP contribution in [0.1, 0.15) is 12.7 Å². The van der Waals surface area contributed by atoms with Crippen LogP contribution < -0.4 is 11.1 Å². The summed E-state index contributed by atoms with van der Waals surface area (Å²) in [5, 5.41) is 13.9. The number of nitrogens with two attached hydrogens (primary N) is 1. The number of carbonyl (C=O) groups is 1. The molecule has 0 aromatic carbocycles. The molecule has 0 aliphatic rings. The number of imidazole rings is 1. The van der Waals surface area contributed by atoms with Crippen molar-refractivity contribution >= 4 is 11.7 Å². The van der Waals surface area contributed by atoms with E-state index >= 15 is 0 Å². The number of hydrogen-bond acceptors (Lipinski definition) is 4. The van der Waals surface area contributed by atoms with Gasteiger partial charge in [0.15, 0.2) is 5.84 Å². The molecule has 7 heteroatoms. The van der Waals surface area contributed by atoms with Crippen LogP contribution >= 0.6 is 0 Å². The third-order valence-corrected chi connectivity index (χ3v) is 2.52. The second-order valence-electron chi connectivity index (χ2n) is 3.74. The maximum atomic E-state index is 11.5. The number of oxime groups is 1. The first-order valence-electron chi connectivity index (χ1n) is 5.27. The SMILES string of the molecule is CC(C(=O)NCCc1nccn1C)C(N)=NO. The Morgan fingerprint density at radius 1 is 1.76 bits per heavy atom. The van der Waals surface area contributed by atoms with E-state index < -0.39 is 5.92 Å². The molecule has 1 atom stereocenters. The normalized spacial score (nSPS) is 13.4. The molecule has 1 aromatic heterocycles. The van der Waals surface area contributed by atoms with Gasteiger partial charge in [-0.3, -0.25) is 4.79 Å². The fourth-order valence-electron chi connectivity index (χ4n) is 1.31. The number of amidine groups is 1. The molecule has 0 saturated heterocycles. The van der Waals surface area contributed by atoms with Gasteiger partial charge in [-0.2, -0.15) is 0 Å².